The molecule has 0 bridgehead atoms. The SMILES string of the molecule is C=CC=CCCCCCCCCCCCCCCO. The number of aliphatic hydroxyl groups is 1. The number of hydrogen-bond acceptors (Lipinski definition) is 1. The Labute approximate surface area is 120 Å². The Morgan fingerprint density at radius 3 is 1.47 bits per heavy atom. The zero-order chi connectivity index (χ0) is 14.0. The van der Waals surface area contributed by atoms with Crippen molar-refractivity contribution in [3.63, 3.8) is 0 Å². The van der Waals surface area contributed by atoms with E-state index in [4.69, 9.17) is 5.11 Å². The van der Waals surface area contributed by atoms with Gasteiger partial charge in [0.25, 0.3) is 0 Å². The predicted octanol–water partition coefficient (Wildman–Crippen LogP) is 5.79. The van der Waals surface area contributed by atoms with Gasteiger partial charge in [0.15, 0.2) is 0 Å². The normalized spacial score (nSPS) is 11.2. The first kappa shape index (κ1) is 18.4. The van der Waals surface area contributed by atoms with Gasteiger partial charge in [0, 0.05) is 6.61 Å². The maximum Gasteiger partial charge on any atom is 0.0431 e. The largest absolute Gasteiger partial charge is 0.396 e. The molecule has 1 nitrogen and oxygen atoms in total. The number of unbranched alkanes of at least 4 members (excludes halogenated alkanes) is 12. The van der Waals surface area contributed by atoms with Crippen LogP contribution in [0.1, 0.15) is 83.5 Å². The van der Waals surface area contributed by atoms with Gasteiger partial charge in [-0.3, -0.25) is 0 Å². The molecule has 0 rings (SSSR count). The molecular weight excluding hydrogens is 232 g/mol. The molecule has 19 heavy (non-hydrogen) atoms. The number of rotatable bonds is 15. The summed E-state index contributed by atoms with van der Waals surface area (Å²) in [4.78, 5) is 0. The highest BCUT2D eigenvalue weighted by molar-refractivity contribution is 4.96. The third-order valence-corrected chi connectivity index (χ3v) is 3.55. The summed E-state index contributed by atoms with van der Waals surface area (Å²) in [6.45, 7) is 4.03. The van der Waals surface area contributed by atoms with Crippen molar-refractivity contribution < 1.29 is 5.11 Å². The lowest BCUT2D eigenvalue weighted by atomic mass is 10.0. The minimum Gasteiger partial charge on any atom is -0.396 e. The lowest BCUT2D eigenvalue weighted by molar-refractivity contribution is 0.282. The fourth-order valence-corrected chi connectivity index (χ4v) is 2.33. The molecule has 1 heteroatoms. The van der Waals surface area contributed by atoms with Crippen LogP contribution in [-0.2, 0) is 0 Å². The zero-order valence-electron chi connectivity index (χ0n) is 12.8. The highest BCUT2D eigenvalue weighted by Gasteiger charge is 1.93. The van der Waals surface area contributed by atoms with Crippen LogP contribution in [0.3, 0.4) is 0 Å². The molecule has 0 amide bonds. The average molecular weight is 266 g/mol. The Morgan fingerprint density at radius 2 is 1.05 bits per heavy atom. The molecule has 0 fully saturated rings. The molecule has 0 unspecified atom stereocenters. The molecule has 112 valence electrons. The Kier molecular flexibility index (Phi) is 16.9. The summed E-state index contributed by atoms with van der Waals surface area (Å²) in [5.74, 6) is 0. The van der Waals surface area contributed by atoms with E-state index < -0.39 is 0 Å². The van der Waals surface area contributed by atoms with Gasteiger partial charge in [-0.25, -0.2) is 0 Å². The van der Waals surface area contributed by atoms with Crippen molar-refractivity contribution in [2.75, 3.05) is 6.61 Å². The van der Waals surface area contributed by atoms with Crippen molar-refractivity contribution in [2.24, 2.45) is 0 Å². The third-order valence-electron chi connectivity index (χ3n) is 3.55. The zero-order valence-corrected chi connectivity index (χ0v) is 12.8. The molecule has 0 aliphatic carbocycles. The van der Waals surface area contributed by atoms with Crippen molar-refractivity contribution in [3.8, 4) is 0 Å². The Balaban J connectivity index is 2.95. The summed E-state index contributed by atoms with van der Waals surface area (Å²) in [6, 6.07) is 0. The summed E-state index contributed by atoms with van der Waals surface area (Å²) < 4.78 is 0. The summed E-state index contributed by atoms with van der Waals surface area (Å²) >= 11 is 0. The standard InChI is InChI=1S/C18H34O/c1-2-3-4-5-6-7-8-9-10-11-12-13-14-15-16-17-18-19/h2-4,19H,1,5-18H2. The van der Waals surface area contributed by atoms with Crippen LogP contribution in [0.25, 0.3) is 0 Å². The molecule has 0 atom stereocenters. The lowest BCUT2D eigenvalue weighted by Gasteiger charge is -2.02. The van der Waals surface area contributed by atoms with E-state index in [-0.39, 0.29) is 0 Å². The van der Waals surface area contributed by atoms with Gasteiger partial charge in [0.2, 0.25) is 0 Å². The fourth-order valence-electron chi connectivity index (χ4n) is 2.33. The summed E-state index contributed by atoms with van der Waals surface area (Å²) in [5, 5.41) is 8.66. The van der Waals surface area contributed by atoms with E-state index in [1.54, 1.807) is 0 Å². The van der Waals surface area contributed by atoms with E-state index in [2.05, 4.69) is 12.7 Å². The second kappa shape index (κ2) is 17.4. The summed E-state index contributed by atoms with van der Waals surface area (Å²) in [6.07, 6.45) is 23.3. The third kappa shape index (κ3) is 17.4. The first-order valence-electron chi connectivity index (χ1n) is 8.30. The van der Waals surface area contributed by atoms with Crippen molar-refractivity contribution in [1.82, 2.24) is 0 Å². The monoisotopic (exact) mass is 266 g/mol. The van der Waals surface area contributed by atoms with E-state index in [9.17, 15) is 0 Å². The van der Waals surface area contributed by atoms with Gasteiger partial charge >= 0.3 is 0 Å². The average Bonchev–Trinajstić information content (AvgIpc) is 2.43. The van der Waals surface area contributed by atoms with E-state index >= 15 is 0 Å². The van der Waals surface area contributed by atoms with Crippen molar-refractivity contribution in [2.45, 2.75) is 83.5 Å². The smallest absolute Gasteiger partial charge is 0.0431 e. The van der Waals surface area contributed by atoms with Crippen LogP contribution in [0.15, 0.2) is 24.8 Å². The quantitative estimate of drug-likeness (QED) is 0.294. The lowest BCUT2D eigenvalue weighted by Crippen LogP contribution is -1.84. The topological polar surface area (TPSA) is 20.2 Å². The van der Waals surface area contributed by atoms with Crippen LogP contribution >= 0.6 is 0 Å². The van der Waals surface area contributed by atoms with Crippen molar-refractivity contribution in [1.29, 1.82) is 0 Å². The van der Waals surface area contributed by atoms with Crippen LogP contribution in [0.2, 0.25) is 0 Å². The molecule has 0 saturated heterocycles. The Morgan fingerprint density at radius 1 is 0.632 bits per heavy atom. The molecule has 0 heterocycles. The molecule has 0 saturated carbocycles. The molecule has 0 aromatic heterocycles. The van der Waals surface area contributed by atoms with Crippen LogP contribution in [0.4, 0.5) is 0 Å². The molecule has 0 aliphatic rings. The highest BCUT2D eigenvalue weighted by Crippen LogP contribution is 2.12. The maximum absolute atomic E-state index is 8.66. The van der Waals surface area contributed by atoms with E-state index in [1.165, 1.54) is 77.0 Å². The first-order chi connectivity index (χ1) is 9.41. The molecule has 0 aromatic rings. The number of aliphatic hydroxyl groups excluding tert-OH is 1. The summed E-state index contributed by atoms with van der Waals surface area (Å²) in [5.41, 5.74) is 0. The van der Waals surface area contributed by atoms with Crippen molar-refractivity contribution in [3.05, 3.63) is 24.8 Å². The molecule has 1 N–H and O–H groups in total. The van der Waals surface area contributed by atoms with E-state index in [1.807, 2.05) is 12.2 Å². The van der Waals surface area contributed by atoms with Crippen molar-refractivity contribution >= 4 is 0 Å². The van der Waals surface area contributed by atoms with Gasteiger partial charge in [-0.1, -0.05) is 89.0 Å². The van der Waals surface area contributed by atoms with Crippen LogP contribution in [-0.4, -0.2) is 11.7 Å². The van der Waals surface area contributed by atoms with Gasteiger partial charge in [0.05, 0.1) is 0 Å². The summed E-state index contributed by atoms with van der Waals surface area (Å²) in [7, 11) is 0. The molecular formula is C18H34O. The van der Waals surface area contributed by atoms with E-state index in [0.717, 1.165) is 6.42 Å². The molecule has 0 aromatic carbocycles. The van der Waals surface area contributed by atoms with Gasteiger partial charge in [-0.05, 0) is 19.3 Å². The molecule has 0 radical (unpaired) electrons. The van der Waals surface area contributed by atoms with Crippen LogP contribution in [0, 0.1) is 0 Å². The minimum atomic E-state index is 0.364. The second-order valence-electron chi connectivity index (χ2n) is 5.42. The Hall–Kier alpha value is -0.560. The maximum atomic E-state index is 8.66. The first-order valence-corrected chi connectivity index (χ1v) is 8.30. The Bertz CT molecular complexity index is 196. The second-order valence-corrected chi connectivity index (χ2v) is 5.42. The van der Waals surface area contributed by atoms with Gasteiger partial charge < -0.3 is 5.11 Å². The fraction of sp³-hybridized carbons (Fsp3) is 0.778. The van der Waals surface area contributed by atoms with Gasteiger partial charge in [0.1, 0.15) is 0 Å². The number of hydrogen-bond donors (Lipinski definition) is 1. The minimum absolute atomic E-state index is 0.364. The molecule has 0 aliphatic heterocycles. The highest BCUT2D eigenvalue weighted by atomic mass is 16.2. The van der Waals surface area contributed by atoms with E-state index in [0.29, 0.717) is 6.61 Å². The predicted molar refractivity (Wildman–Crippen MR) is 86.4 cm³/mol. The molecule has 0 spiro atoms. The van der Waals surface area contributed by atoms with Crippen LogP contribution in [0.5, 0.6) is 0 Å². The van der Waals surface area contributed by atoms with Gasteiger partial charge in [-0.15, -0.1) is 0 Å². The van der Waals surface area contributed by atoms with Crippen LogP contribution < -0.4 is 0 Å². The number of allylic oxidation sites excluding steroid dienone is 3. The van der Waals surface area contributed by atoms with Gasteiger partial charge in [-0.2, -0.15) is 0 Å².